The number of hydrogen-bond donors (Lipinski definition) is 0. The third-order valence-electron chi connectivity index (χ3n) is 3.47. The molecule has 0 saturated carbocycles. The summed E-state index contributed by atoms with van der Waals surface area (Å²) in [5.41, 5.74) is -0.281. The molecule has 19 heavy (non-hydrogen) atoms. The summed E-state index contributed by atoms with van der Waals surface area (Å²) in [7, 11) is 0. The summed E-state index contributed by atoms with van der Waals surface area (Å²) in [5.74, 6) is 0.917. The van der Waals surface area contributed by atoms with Crippen molar-refractivity contribution in [3.63, 3.8) is 0 Å². The number of carbonyl (C=O) groups is 1. The van der Waals surface area contributed by atoms with Crippen LogP contribution in [-0.2, 0) is 4.79 Å². The molecule has 0 aromatic carbocycles. The van der Waals surface area contributed by atoms with E-state index >= 15 is 0 Å². The fourth-order valence-corrected chi connectivity index (χ4v) is 2.39. The minimum atomic E-state index is -0.281. The first-order chi connectivity index (χ1) is 8.95. The van der Waals surface area contributed by atoms with Gasteiger partial charge in [0.1, 0.15) is 0 Å². The van der Waals surface area contributed by atoms with Crippen LogP contribution in [-0.4, -0.2) is 23.9 Å². The van der Waals surface area contributed by atoms with E-state index in [2.05, 4.69) is 31.2 Å². The van der Waals surface area contributed by atoms with Gasteiger partial charge in [-0.25, -0.2) is 0 Å². The van der Waals surface area contributed by atoms with E-state index < -0.39 is 0 Å². The van der Waals surface area contributed by atoms with Crippen molar-refractivity contribution in [3.05, 3.63) is 24.3 Å². The van der Waals surface area contributed by atoms with E-state index in [0.29, 0.717) is 5.92 Å². The van der Waals surface area contributed by atoms with Crippen LogP contribution in [0.25, 0.3) is 0 Å². The van der Waals surface area contributed by atoms with Gasteiger partial charge < -0.3 is 4.90 Å². The van der Waals surface area contributed by atoms with Crippen LogP contribution in [0.15, 0.2) is 24.3 Å². The molecule has 0 spiro atoms. The van der Waals surface area contributed by atoms with Gasteiger partial charge in [0, 0.05) is 18.5 Å². The Morgan fingerprint density at radius 3 is 2.63 bits per heavy atom. The standard InChI is InChI=1S/C17H29NO/c1-5-13-18(16(19)17(2,3)4)14-9-12-15-10-7-6-8-11-15/h6-7,9,12,15H,5,8,10-11,13-14H2,1-4H3/b12-9-. The first-order valence-corrected chi connectivity index (χ1v) is 7.56. The van der Waals surface area contributed by atoms with Gasteiger partial charge in [0.05, 0.1) is 0 Å². The third kappa shape index (κ3) is 5.63. The van der Waals surface area contributed by atoms with Gasteiger partial charge in [0.2, 0.25) is 5.91 Å². The second kappa shape index (κ2) is 7.52. The van der Waals surface area contributed by atoms with E-state index in [1.54, 1.807) is 0 Å². The van der Waals surface area contributed by atoms with Crippen molar-refractivity contribution in [2.24, 2.45) is 11.3 Å². The molecule has 2 nitrogen and oxygen atoms in total. The molecule has 1 unspecified atom stereocenters. The molecule has 0 aliphatic heterocycles. The number of carbonyl (C=O) groups excluding carboxylic acids is 1. The molecule has 1 amide bonds. The summed E-state index contributed by atoms with van der Waals surface area (Å²) in [6.07, 6.45) is 13.6. The predicted molar refractivity (Wildman–Crippen MR) is 81.9 cm³/mol. The summed E-state index contributed by atoms with van der Waals surface area (Å²) in [6, 6.07) is 0. The number of amides is 1. The predicted octanol–water partition coefficient (Wildman–Crippen LogP) is 4.18. The third-order valence-corrected chi connectivity index (χ3v) is 3.47. The van der Waals surface area contributed by atoms with Crippen LogP contribution in [0.3, 0.4) is 0 Å². The lowest BCUT2D eigenvalue weighted by molar-refractivity contribution is -0.138. The second-order valence-corrected chi connectivity index (χ2v) is 6.47. The highest BCUT2D eigenvalue weighted by Crippen LogP contribution is 2.20. The number of rotatable bonds is 5. The summed E-state index contributed by atoms with van der Waals surface area (Å²) in [5, 5.41) is 0. The maximum absolute atomic E-state index is 12.3. The van der Waals surface area contributed by atoms with Crippen molar-refractivity contribution < 1.29 is 4.79 Å². The Morgan fingerprint density at radius 2 is 2.11 bits per heavy atom. The number of nitrogens with zero attached hydrogens (tertiary/aromatic N) is 1. The molecular formula is C17H29NO. The molecule has 0 bridgehead atoms. The molecular weight excluding hydrogens is 234 g/mol. The maximum atomic E-state index is 12.3. The monoisotopic (exact) mass is 263 g/mol. The number of allylic oxidation sites excluding steroid dienone is 3. The summed E-state index contributed by atoms with van der Waals surface area (Å²) in [4.78, 5) is 14.3. The summed E-state index contributed by atoms with van der Waals surface area (Å²) < 4.78 is 0. The van der Waals surface area contributed by atoms with Gasteiger partial charge in [-0.1, -0.05) is 52.0 Å². The Morgan fingerprint density at radius 1 is 1.37 bits per heavy atom. The van der Waals surface area contributed by atoms with Crippen molar-refractivity contribution >= 4 is 5.91 Å². The molecule has 0 heterocycles. The molecule has 108 valence electrons. The Balaban J connectivity index is 2.51. The van der Waals surface area contributed by atoms with Gasteiger partial charge in [-0.3, -0.25) is 4.79 Å². The molecule has 0 N–H and O–H groups in total. The Bertz CT molecular complexity index is 336. The van der Waals surface area contributed by atoms with Crippen LogP contribution in [0.4, 0.5) is 0 Å². The molecule has 2 heteroatoms. The van der Waals surface area contributed by atoms with Crippen molar-refractivity contribution in [1.82, 2.24) is 4.90 Å². The lowest BCUT2D eigenvalue weighted by Gasteiger charge is -2.28. The molecule has 1 atom stereocenters. The van der Waals surface area contributed by atoms with Crippen LogP contribution < -0.4 is 0 Å². The normalized spacial score (nSPS) is 19.9. The lowest BCUT2D eigenvalue weighted by Crippen LogP contribution is -2.40. The van der Waals surface area contributed by atoms with E-state index in [-0.39, 0.29) is 11.3 Å². The Hall–Kier alpha value is -1.05. The molecule has 0 aromatic heterocycles. The fraction of sp³-hybridized carbons (Fsp3) is 0.706. The minimum Gasteiger partial charge on any atom is -0.339 e. The van der Waals surface area contributed by atoms with E-state index in [1.165, 1.54) is 12.8 Å². The van der Waals surface area contributed by atoms with E-state index in [9.17, 15) is 4.79 Å². The van der Waals surface area contributed by atoms with Gasteiger partial charge in [-0.05, 0) is 31.6 Å². The molecule has 0 fully saturated rings. The van der Waals surface area contributed by atoms with Crippen molar-refractivity contribution in [3.8, 4) is 0 Å². The van der Waals surface area contributed by atoms with E-state index in [0.717, 1.165) is 25.9 Å². The molecule has 0 saturated heterocycles. The van der Waals surface area contributed by atoms with Crippen molar-refractivity contribution in [2.75, 3.05) is 13.1 Å². The smallest absolute Gasteiger partial charge is 0.228 e. The highest BCUT2D eigenvalue weighted by Gasteiger charge is 2.25. The Kier molecular flexibility index (Phi) is 6.33. The molecule has 1 aliphatic carbocycles. The second-order valence-electron chi connectivity index (χ2n) is 6.47. The van der Waals surface area contributed by atoms with Gasteiger partial charge in [0.15, 0.2) is 0 Å². The first kappa shape index (κ1) is 16.0. The van der Waals surface area contributed by atoms with Crippen LogP contribution in [0.1, 0.15) is 53.4 Å². The Labute approximate surface area is 118 Å². The van der Waals surface area contributed by atoms with Crippen LogP contribution in [0.5, 0.6) is 0 Å². The maximum Gasteiger partial charge on any atom is 0.228 e. The molecule has 1 rings (SSSR count). The minimum absolute atomic E-state index is 0.252. The number of hydrogen-bond acceptors (Lipinski definition) is 1. The highest BCUT2D eigenvalue weighted by atomic mass is 16.2. The van der Waals surface area contributed by atoms with Crippen molar-refractivity contribution in [1.29, 1.82) is 0 Å². The van der Waals surface area contributed by atoms with Gasteiger partial charge in [-0.2, -0.15) is 0 Å². The summed E-state index contributed by atoms with van der Waals surface area (Å²) >= 11 is 0. The lowest BCUT2D eigenvalue weighted by atomic mass is 9.93. The zero-order valence-electron chi connectivity index (χ0n) is 13.0. The van der Waals surface area contributed by atoms with E-state index in [4.69, 9.17) is 0 Å². The fourth-order valence-electron chi connectivity index (χ4n) is 2.39. The molecule has 0 aromatic rings. The highest BCUT2D eigenvalue weighted by molar-refractivity contribution is 5.81. The van der Waals surface area contributed by atoms with Gasteiger partial charge in [-0.15, -0.1) is 0 Å². The average Bonchev–Trinajstić information content (AvgIpc) is 2.37. The van der Waals surface area contributed by atoms with Gasteiger partial charge in [0.25, 0.3) is 0 Å². The molecule has 1 aliphatic rings. The largest absolute Gasteiger partial charge is 0.339 e. The molecule has 0 radical (unpaired) electrons. The zero-order valence-corrected chi connectivity index (χ0v) is 13.0. The van der Waals surface area contributed by atoms with Crippen LogP contribution >= 0.6 is 0 Å². The first-order valence-electron chi connectivity index (χ1n) is 7.56. The van der Waals surface area contributed by atoms with Gasteiger partial charge >= 0.3 is 0 Å². The average molecular weight is 263 g/mol. The van der Waals surface area contributed by atoms with Crippen LogP contribution in [0.2, 0.25) is 0 Å². The SMILES string of the molecule is CCCN(C/C=C\C1CC=CCC1)C(=O)C(C)(C)C. The topological polar surface area (TPSA) is 20.3 Å². The van der Waals surface area contributed by atoms with Crippen molar-refractivity contribution in [2.45, 2.75) is 53.4 Å². The van der Waals surface area contributed by atoms with Crippen LogP contribution in [0, 0.1) is 11.3 Å². The quantitative estimate of drug-likeness (QED) is 0.681. The van der Waals surface area contributed by atoms with E-state index in [1.807, 2.05) is 25.7 Å². The summed E-state index contributed by atoms with van der Waals surface area (Å²) in [6.45, 7) is 9.71. The zero-order chi connectivity index (χ0) is 14.3.